The van der Waals surface area contributed by atoms with Crippen LogP contribution >= 0.6 is 11.5 Å². The predicted octanol–water partition coefficient (Wildman–Crippen LogP) is 0.436. The maximum absolute atomic E-state index is 11.4. The van der Waals surface area contributed by atoms with Crippen molar-refractivity contribution in [2.24, 2.45) is 5.16 Å². The first kappa shape index (κ1) is 19.3. The van der Waals surface area contributed by atoms with Crippen LogP contribution in [0.15, 0.2) is 5.16 Å². The van der Waals surface area contributed by atoms with Gasteiger partial charge < -0.3 is 25.3 Å². The third kappa shape index (κ3) is 7.00. The Morgan fingerprint density at radius 3 is 2.71 bits per heavy atom. The van der Waals surface area contributed by atoms with E-state index >= 15 is 0 Å². The van der Waals surface area contributed by atoms with E-state index < -0.39 is 23.4 Å². The number of nitrogens with one attached hydrogen (secondary N) is 2. The van der Waals surface area contributed by atoms with Crippen LogP contribution in [0.25, 0.3) is 0 Å². The number of carboxylic acids is 1. The molecule has 0 atom stereocenters. The topological polar surface area (TPSA) is 152 Å². The molecule has 0 saturated heterocycles. The molecule has 1 rings (SSSR count). The molecule has 0 saturated carbocycles. The largest absolute Gasteiger partial charge is 0.476 e. The molecule has 0 aromatic carbocycles. The van der Waals surface area contributed by atoms with Crippen LogP contribution in [-0.2, 0) is 19.2 Å². The van der Waals surface area contributed by atoms with Crippen LogP contribution in [0.4, 0.5) is 9.93 Å². The van der Waals surface area contributed by atoms with Crippen molar-refractivity contribution in [3.05, 3.63) is 5.82 Å². The zero-order chi connectivity index (χ0) is 18.2. The maximum atomic E-state index is 11.4. The van der Waals surface area contributed by atoms with Gasteiger partial charge in [-0.2, -0.15) is 9.36 Å². The van der Waals surface area contributed by atoms with Crippen LogP contribution in [0, 0.1) is 0 Å². The van der Waals surface area contributed by atoms with Gasteiger partial charge in [0.2, 0.25) is 23.1 Å². The van der Waals surface area contributed by atoms with E-state index in [9.17, 15) is 14.4 Å². The minimum atomic E-state index is -1.40. The highest BCUT2D eigenvalue weighted by atomic mass is 32.1. The van der Waals surface area contributed by atoms with E-state index in [1.807, 2.05) is 0 Å². The summed E-state index contributed by atoms with van der Waals surface area (Å²) < 4.78 is 8.76. The van der Waals surface area contributed by atoms with Gasteiger partial charge in [0.25, 0.3) is 0 Å². The van der Waals surface area contributed by atoms with Gasteiger partial charge >= 0.3 is 12.1 Å². The number of anilines is 1. The molecule has 3 N–H and O–H groups in total. The number of oxime groups is 1. The molecule has 11 nitrogen and oxygen atoms in total. The van der Waals surface area contributed by atoms with E-state index in [0.717, 1.165) is 11.5 Å². The highest BCUT2D eigenvalue weighted by molar-refractivity contribution is 7.10. The van der Waals surface area contributed by atoms with Crippen molar-refractivity contribution in [2.75, 3.05) is 18.5 Å². The molecule has 0 aliphatic rings. The Morgan fingerprint density at radius 1 is 1.42 bits per heavy atom. The second-order valence-corrected chi connectivity index (χ2v) is 5.94. The quantitative estimate of drug-likeness (QED) is 0.261. The number of ether oxygens (including phenoxy) is 1. The lowest BCUT2D eigenvalue weighted by Gasteiger charge is -2.19. The van der Waals surface area contributed by atoms with E-state index in [0.29, 0.717) is 6.41 Å². The van der Waals surface area contributed by atoms with Crippen molar-refractivity contribution < 1.29 is 29.1 Å². The van der Waals surface area contributed by atoms with Crippen LogP contribution in [0.2, 0.25) is 0 Å². The molecule has 0 unspecified atom stereocenters. The summed E-state index contributed by atoms with van der Waals surface area (Å²) in [4.78, 5) is 41.4. The summed E-state index contributed by atoms with van der Waals surface area (Å²) in [7, 11) is 0. The smallest absolute Gasteiger partial charge is 0.407 e. The Bertz CT molecular complexity index is 624. The molecular formula is C12H17N5O6S. The highest BCUT2D eigenvalue weighted by Crippen LogP contribution is 2.11. The van der Waals surface area contributed by atoms with Crippen LogP contribution in [-0.4, -0.2) is 57.4 Å². The molecule has 0 bridgehead atoms. The van der Waals surface area contributed by atoms with Crippen LogP contribution < -0.4 is 10.6 Å². The Hall–Kier alpha value is -2.76. The van der Waals surface area contributed by atoms with Gasteiger partial charge in [0, 0.05) is 11.5 Å². The van der Waals surface area contributed by atoms with Crippen molar-refractivity contribution in [3.8, 4) is 0 Å². The Kier molecular flexibility index (Phi) is 7.04. The highest BCUT2D eigenvalue weighted by Gasteiger charge is 2.19. The predicted molar refractivity (Wildman–Crippen MR) is 84.0 cm³/mol. The first-order valence-corrected chi connectivity index (χ1v) is 7.44. The summed E-state index contributed by atoms with van der Waals surface area (Å²) in [6, 6.07) is 0. The van der Waals surface area contributed by atoms with Crippen LogP contribution in [0.3, 0.4) is 0 Å². The van der Waals surface area contributed by atoms with Gasteiger partial charge in [-0.05, 0) is 20.8 Å². The number of aliphatic carboxylic acids is 1. The van der Waals surface area contributed by atoms with Gasteiger partial charge in [-0.25, -0.2) is 9.59 Å². The van der Waals surface area contributed by atoms with Crippen molar-refractivity contribution in [3.63, 3.8) is 0 Å². The van der Waals surface area contributed by atoms with E-state index in [-0.39, 0.29) is 24.1 Å². The Labute approximate surface area is 141 Å². The first-order valence-electron chi connectivity index (χ1n) is 6.67. The summed E-state index contributed by atoms with van der Waals surface area (Å²) in [5, 5.41) is 17.3. The minimum Gasteiger partial charge on any atom is -0.476 e. The van der Waals surface area contributed by atoms with Gasteiger partial charge in [0.15, 0.2) is 0 Å². The van der Waals surface area contributed by atoms with Gasteiger partial charge in [-0.3, -0.25) is 4.79 Å². The summed E-state index contributed by atoms with van der Waals surface area (Å²) >= 11 is 0.796. The number of carbonyl (C=O) groups is 3. The van der Waals surface area contributed by atoms with Gasteiger partial charge in [0.1, 0.15) is 12.2 Å². The maximum Gasteiger partial charge on any atom is 0.407 e. The SMILES string of the molecule is CC(C)(C)OC(=O)NCCO/N=C(\C(=O)O)c1nsc(NC=O)n1. The molecule has 0 aliphatic heterocycles. The van der Waals surface area contributed by atoms with Gasteiger partial charge in [-0.15, -0.1) is 0 Å². The van der Waals surface area contributed by atoms with Crippen LogP contribution in [0.1, 0.15) is 26.6 Å². The zero-order valence-corrected chi connectivity index (χ0v) is 14.0. The number of carboxylic acid groups (broad SMARTS) is 1. The third-order valence-electron chi connectivity index (χ3n) is 2.04. The molecule has 12 heteroatoms. The molecule has 1 heterocycles. The first-order chi connectivity index (χ1) is 11.2. The second kappa shape index (κ2) is 8.76. The molecule has 0 spiro atoms. The molecule has 1 aromatic rings. The summed E-state index contributed by atoms with van der Waals surface area (Å²) in [5.41, 5.74) is -1.15. The summed E-state index contributed by atoms with van der Waals surface area (Å²) in [5.74, 6) is -1.59. The van der Waals surface area contributed by atoms with Crippen molar-refractivity contribution in [1.29, 1.82) is 0 Å². The number of hydrogen-bond acceptors (Lipinski definition) is 9. The fourth-order valence-corrected chi connectivity index (χ4v) is 1.76. The molecule has 132 valence electrons. The van der Waals surface area contributed by atoms with E-state index in [4.69, 9.17) is 14.7 Å². The number of aromatic nitrogens is 2. The third-order valence-corrected chi connectivity index (χ3v) is 2.69. The Balaban J connectivity index is 2.51. The molecule has 0 aliphatic carbocycles. The van der Waals surface area contributed by atoms with Gasteiger partial charge in [-0.1, -0.05) is 5.16 Å². The molecule has 24 heavy (non-hydrogen) atoms. The molecule has 1 aromatic heterocycles. The van der Waals surface area contributed by atoms with E-state index in [1.165, 1.54) is 0 Å². The lowest BCUT2D eigenvalue weighted by molar-refractivity contribution is -0.129. The normalized spacial score (nSPS) is 11.5. The summed E-state index contributed by atoms with van der Waals surface area (Å²) in [6.07, 6.45) is -0.236. The minimum absolute atomic E-state index is 0.0632. The standard InChI is InChI=1S/C12H17N5O6S/c1-12(2,3)23-11(21)13-4-5-22-16-7(9(19)20)8-15-10(14-6-18)24-17-8/h6H,4-5H2,1-3H3,(H,13,21)(H,19,20)(H,14,15,17,18)/b16-7-. The van der Waals surface area contributed by atoms with Crippen molar-refractivity contribution in [2.45, 2.75) is 26.4 Å². The second-order valence-electron chi connectivity index (χ2n) is 5.19. The molecule has 0 fully saturated rings. The van der Waals surface area contributed by atoms with Crippen molar-refractivity contribution in [1.82, 2.24) is 14.7 Å². The molecule has 2 amide bonds. The number of carbonyl (C=O) groups excluding carboxylic acids is 2. The number of nitrogens with zero attached hydrogens (tertiary/aromatic N) is 3. The molecule has 0 radical (unpaired) electrons. The Morgan fingerprint density at radius 2 is 2.12 bits per heavy atom. The summed E-state index contributed by atoms with van der Waals surface area (Å²) in [6.45, 7) is 5.15. The lowest BCUT2D eigenvalue weighted by Crippen LogP contribution is -2.34. The molecular weight excluding hydrogens is 342 g/mol. The lowest BCUT2D eigenvalue weighted by atomic mass is 10.2. The number of rotatable bonds is 8. The van der Waals surface area contributed by atoms with Crippen LogP contribution in [0.5, 0.6) is 0 Å². The number of amides is 2. The zero-order valence-electron chi connectivity index (χ0n) is 13.2. The van der Waals surface area contributed by atoms with E-state index in [1.54, 1.807) is 20.8 Å². The number of hydrogen-bond donors (Lipinski definition) is 3. The van der Waals surface area contributed by atoms with Gasteiger partial charge in [0.05, 0.1) is 6.54 Å². The fraction of sp³-hybridized carbons (Fsp3) is 0.500. The van der Waals surface area contributed by atoms with E-state index in [2.05, 4.69) is 25.1 Å². The average molecular weight is 359 g/mol. The monoisotopic (exact) mass is 359 g/mol. The fourth-order valence-electron chi connectivity index (χ4n) is 1.23. The average Bonchev–Trinajstić information content (AvgIpc) is 2.89. The van der Waals surface area contributed by atoms with Crippen molar-refractivity contribution >= 4 is 40.8 Å². The number of alkyl carbamates (subject to hydrolysis) is 1.